The predicted molar refractivity (Wildman–Crippen MR) is 144 cm³/mol. The van der Waals surface area contributed by atoms with Crippen LogP contribution >= 0.6 is 0 Å². The van der Waals surface area contributed by atoms with Crippen molar-refractivity contribution in [3.8, 4) is 17.1 Å². The molecular weight excluding hydrogens is 432 g/mol. The lowest BCUT2D eigenvalue weighted by Crippen LogP contribution is -2.08. The van der Waals surface area contributed by atoms with Gasteiger partial charge in [0.1, 0.15) is 5.75 Å². The Bertz CT molecular complexity index is 1010. The summed E-state index contributed by atoms with van der Waals surface area (Å²) in [7, 11) is 0. The van der Waals surface area contributed by atoms with E-state index in [0.29, 0.717) is 23.1 Å². The van der Waals surface area contributed by atoms with Crippen LogP contribution in [0.4, 0.5) is 0 Å². The zero-order valence-corrected chi connectivity index (χ0v) is 21.6. The quantitative estimate of drug-likeness (QED) is 0.135. The fourth-order valence-electron chi connectivity index (χ4n) is 4.08. The summed E-state index contributed by atoms with van der Waals surface area (Å²) in [5.41, 5.74) is 3.83. The lowest BCUT2D eigenvalue weighted by molar-refractivity contribution is 0.0734. The highest BCUT2D eigenvalue weighted by atomic mass is 16.5. The molecule has 35 heavy (non-hydrogen) atoms. The van der Waals surface area contributed by atoms with Crippen LogP contribution in [0, 0.1) is 5.92 Å². The van der Waals surface area contributed by atoms with Gasteiger partial charge in [0.2, 0.25) is 0 Å². The Kier molecular flexibility index (Phi) is 10.9. The van der Waals surface area contributed by atoms with E-state index < -0.39 is 0 Å². The molecule has 0 aliphatic heterocycles. The molecular formula is C31H40N2O2. The lowest BCUT2D eigenvalue weighted by Gasteiger charge is -2.09. The molecule has 186 valence electrons. The van der Waals surface area contributed by atoms with Gasteiger partial charge in [-0.3, -0.25) is 0 Å². The number of nitrogens with zero attached hydrogens (tertiary/aromatic N) is 2. The molecule has 3 rings (SSSR count). The molecule has 0 saturated carbocycles. The fourth-order valence-corrected chi connectivity index (χ4v) is 4.08. The first-order valence-electron chi connectivity index (χ1n) is 13.3. The first-order valence-corrected chi connectivity index (χ1v) is 13.3. The van der Waals surface area contributed by atoms with Crippen LogP contribution < -0.4 is 4.74 Å². The van der Waals surface area contributed by atoms with E-state index in [4.69, 9.17) is 4.74 Å². The van der Waals surface area contributed by atoms with Crippen LogP contribution in [0.2, 0.25) is 0 Å². The summed E-state index contributed by atoms with van der Waals surface area (Å²) in [4.78, 5) is 21.6. The van der Waals surface area contributed by atoms with E-state index in [1.807, 2.05) is 48.8 Å². The average Bonchev–Trinajstić information content (AvgIpc) is 2.89. The van der Waals surface area contributed by atoms with Crippen LogP contribution in [0.3, 0.4) is 0 Å². The molecule has 2 aromatic carbocycles. The second kappa shape index (κ2) is 14.4. The van der Waals surface area contributed by atoms with Crippen molar-refractivity contribution in [2.24, 2.45) is 5.92 Å². The van der Waals surface area contributed by atoms with E-state index in [-0.39, 0.29) is 5.97 Å². The highest BCUT2D eigenvalue weighted by Crippen LogP contribution is 2.20. The van der Waals surface area contributed by atoms with E-state index in [1.165, 1.54) is 56.1 Å². The van der Waals surface area contributed by atoms with Gasteiger partial charge in [-0.1, -0.05) is 90.0 Å². The lowest BCUT2D eigenvalue weighted by atomic mass is 9.99. The van der Waals surface area contributed by atoms with Crippen LogP contribution in [0.15, 0.2) is 60.9 Å². The zero-order valence-electron chi connectivity index (χ0n) is 21.6. The molecule has 1 atom stereocenters. The highest BCUT2D eigenvalue weighted by Gasteiger charge is 2.10. The maximum Gasteiger partial charge on any atom is 0.343 e. The Morgan fingerprint density at radius 2 is 1.43 bits per heavy atom. The van der Waals surface area contributed by atoms with E-state index in [9.17, 15) is 4.79 Å². The van der Waals surface area contributed by atoms with Crippen molar-refractivity contribution in [1.29, 1.82) is 0 Å². The van der Waals surface area contributed by atoms with Crippen LogP contribution in [-0.2, 0) is 12.8 Å². The summed E-state index contributed by atoms with van der Waals surface area (Å²) in [6.07, 6.45) is 16.2. The second-order valence-electron chi connectivity index (χ2n) is 9.61. The highest BCUT2D eigenvalue weighted by molar-refractivity contribution is 5.91. The number of ether oxygens (including phenoxy) is 1. The van der Waals surface area contributed by atoms with Crippen molar-refractivity contribution < 1.29 is 9.53 Å². The van der Waals surface area contributed by atoms with Crippen LogP contribution in [0.1, 0.15) is 93.6 Å². The third kappa shape index (κ3) is 8.93. The number of aryl methyl sites for hydroxylation is 1. The van der Waals surface area contributed by atoms with Crippen LogP contribution in [0.5, 0.6) is 5.75 Å². The second-order valence-corrected chi connectivity index (χ2v) is 9.61. The van der Waals surface area contributed by atoms with Crippen molar-refractivity contribution in [3.63, 3.8) is 0 Å². The van der Waals surface area contributed by atoms with E-state index >= 15 is 0 Å². The minimum atomic E-state index is -0.364. The molecule has 1 aromatic heterocycles. The van der Waals surface area contributed by atoms with Crippen molar-refractivity contribution in [1.82, 2.24) is 9.97 Å². The summed E-state index contributed by atoms with van der Waals surface area (Å²) < 4.78 is 5.55. The normalized spacial score (nSPS) is 11.9. The van der Waals surface area contributed by atoms with Gasteiger partial charge in [-0.2, -0.15) is 0 Å². The molecule has 0 aliphatic rings. The molecule has 0 fully saturated rings. The number of unbranched alkanes of at least 4 members (excludes halogenated alkanes) is 6. The fraction of sp³-hybridized carbons (Fsp3) is 0.452. The molecule has 1 unspecified atom stereocenters. The predicted octanol–water partition coefficient (Wildman–Crippen LogP) is 8.24. The molecule has 0 radical (unpaired) electrons. The van der Waals surface area contributed by atoms with Gasteiger partial charge in [0.15, 0.2) is 5.82 Å². The molecule has 0 N–H and O–H groups in total. The van der Waals surface area contributed by atoms with Gasteiger partial charge in [0.25, 0.3) is 0 Å². The van der Waals surface area contributed by atoms with Crippen molar-refractivity contribution in [2.75, 3.05) is 0 Å². The Hall–Kier alpha value is -3.01. The number of carbonyl (C=O) groups is 1. The minimum absolute atomic E-state index is 0.364. The molecule has 0 spiro atoms. The maximum absolute atomic E-state index is 12.6. The smallest absolute Gasteiger partial charge is 0.343 e. The average molecular weight is 473 g/mol. The topological polar surface area (TPSA) is 52.1 Å². The zero-order chi connectivity index (χ0) is 24.9. The van der Waals surface area contributed by atoms with Gasteiger partial charge in [-0.15, -0.1) is 0 Å². The number of hydrogen-bond acceptors (Lipinski definition) is 4. The standard InChI is InChI=1S/C31H40N2O2/c1-4-6-7-8-9-10-11-12-26-22-32-30(33-23-26)27-15-17-28(18-16-27)31(34)35-29-19-13-25(14-20-29)21-24(3)5-2/h13-20,22-24H,4-12,21H2,1-3H3. The molecule has 0 saturated heterocycles. The van der Waals surface area contributed by atoms with Gasteiger partial charge < -0.3 is 4.74 Å². The third-order valence-corrected chi connectivity index (χ3v) is 6.57. The van der Waals surface area contributed by atoms with Crippen molar-refractivity contribution >= 4 is 5.97 Å². The summed E-state index contributed by atoms with van der Waals surface area (Å²) in [5.74, 6) is 1.52. The third-order valence-electron chi connectivity index (χ3n) is 6.57. The molecule has 0 aliphatic carbocycles. The number of benzene rings is 2. The molecule has 4 nitrogen and oxygen atoms in total. The van der Waals surface area contributed by atoms with Gasteiger partial charge in [-0.05, 0) is 60.6 Å². The minimum Gasteiger partial charge on any atom is -0.423 e. The molecule has 1 heterocycles. The number of carbonyl (C=O) groups excluding carboxylic acids is 1. The first kappa shape index (κ1) is 26.6. The maximum atomic E-state index is 12.6. The van der Waals surface area contributed by atoms with Crippen molar-refractivity contribution in [2.45, 2.75) is 85.0 Å². The monoisotopic (exact) mass is 472 g/mol. The molecule has 0 amide bonds. The molecule has 0 bridgehead atoms. The van der Waals surface area contributed by atoms with Crippen LogP contribution in [-0.4, -0.2) is 15.9 Å². The first-order chi connectivity index (χ1) is 17.1. The van der Waals surface area contributed by atoms with E-state index in [2.05, 4.69) is 30.7 Å². The van der Waals surface area contributed by atoms with Gasteiger partial charge in [0.05, 0.1) is 5.56 Å². The Morgan fingerprint density at radius 3 is 2.06 bits per heavy atom. The van der Waals surface area contributed by atoms with Crippen molar-refractivity contribution in [3.05, 3.63) is 77.6 Å². The summed E-state index contributed by atoms with van der Waals surface area (Å²) in [6, 6.07) is 15.1. The van der Waals surface area contributed by atoms with Crippen LogP contribution in [0.25, 0.3) is 11.4 Å². The Balaban J connectivity index is 1.48. The summed E-state index contributed by atoms with van der Waals surface area (Å²) in [6.45, 7) is 6.70. The number of hydrogen-bond donors (Lipinski definition) is 0. The molecule has 4 heteroatoms. The largest absolute Gasteiger partial charge is 0.423 e. The number of esters is 1. The number of aromatic nitrogens is 2. The van der Waals surface area contributed by atoms with Gasteiger partial charge in [0, 0.05) is 18.0 Å². The molecule has 3 aromatic rings. The summed E-state index contributed by atoms with van der Waals surface area (Å²) in [5, 5.41) is 0. The van der Waals surface area contributed by atoms with E-state index in [0.717, 1.165) is 24.8 Å². The Labute approximate surface area is 211 Å². The number of rotatable bonds is 14. The van der Waals surface area contributed by atoms with Gasteiger partial charge in [-0.25, -0.2) is 14.8 Å². The Morgan fingerprint density at radius 1 is 0.800 bits per heavy atom. The van der Waals surface area contributed by atoms with Gasteiger partial charge >= 0.3 is 5.97 Å². The van der Waals surface area contributed by atoms with E-state index in [1.54, 1.807) is 12.1 Å². The summed E-state index contributed by atoms with van der Waals surface area (Å²) >= 11 is 0. The SMILES string of the molecule is CCCCCCCCCc1cnc(-c2ccc(C(=O)Oc3ccc(CC(C)CC)cc3)cc2)nc1.